The van der Waals surface area contributed by atoms with Gasteiger partial charge in [0.15, 0.2) is 0 Å². The number of halogens is 2. The molecular weight excluding hydrogens is 146 g/mol. The van der Waals surface area contributed by atoms with Gasteiger partial charge in [0.25, 0.3) is 0 Å². The Kier molecular flexibility index (Phi) is 577. The van der Waals surface area contributed by atoms with Gasteiger partial charge < -0.3 is 24.8 Å². The standard InChI is InChI=1S/CH2.2ClH.Cu/h1H2;2*1H;/q;;;+2/p-2. The minimum Gasteiger partial charge on any atom is -1.00 e. The Morgan fingerprint density at radius 2 is 0.750 bits per heavy atom. The molecule has 0 aromatic carbocycles. The van der Waals surface area contributed by atoms with Crippen molar-refractivity contribution in [3.05, 3.63) is 7.43 Å². The Hall–Kier alpha value is 1.10. The van der Waals surface area contributed by atoms with Gasteiger partial charge in [-0.25, -0.2) is 0 Å². The van der Waals surface area contributed by atoms with Gasteiger partial charge in [-0.15, -0.1) is 0 Å². The average Bonchev–Trinajstić information content (AvgIpc) is 0. The summed E-state index contributed by atoms with van der Waals surface area (Å²) in [5, 5.41) is 0. The first-order valence-electron chi connectivity index (χ1n) is 0. The van der Waals surface area contributed by atoms with Crippen LogP contribution in [0, 0.1) is 7.43 Å². The smallest absolute Gasteiger partial charge is 1.00 e. The Bertz CT molecular complexity index is 6.00. The molecule has 0 spiro atoms. The Morgan fingerprint density at radius 3 is 0.750 bits per heavy atom. The zero-order valence-electron chi connectivity index (χ0n) is 1.76. The molecule has 0 aliphatic heterocycles. The van der Waals surface area contributed by atoms with Crippen molar-refractivity contribution in [3.63, 3.8) is 0 Å². The zero-order valence-corrected chi connectivity index (χ0v) is 4.22. The summed E-state index contributed by atoms with van der Waals surface area (Å²) < 4.78 is 0. The first kappa shape index (κ1) is 70.9. The van der Waals surface area contributed by atoms with E-state index in [4.69, 9.17) is 0 Å². The quantitative estimate of drug-likeness (QED) is 0.301. The van der Waals surface area contributed by atoms with Crippen LogP contribution in [-0.2, 0) is 17.1 Å². The molecule has 0 heterocycles. The van der Waals surface area contributed by atoms with E-state index in [1.807, 2.05) is 0 Å². The maximum Gasteiger partial charge on any atom is 2.00 e. The summed E-state index contributed by atoms with van der Waals surface area (Å²) in [6.45, 7) is 0. The van der Waals surface area contributed by atoms with E-state index in [1.165, 1.54) is 0 Å². The van der Waals surface area contributed by atoms with Crippen molar-refractivity contribution in [2.24, 2.45) is 0 Å². The SMILES string of the molecule is [CH2].[Cl-].[Cl-].[Cu+2]. The molecule has 0 amide bonds. The maximum absolute atomic E-state index is 0. The fourth-order valence-corrected chi connectivity index (χ4v) is 0. The van der Waals surface area contributed by atoms with Crippen LogP contribution in [0.5, 0.6) is 0 Å². The van der Waals surface area contributed by atoms with Crippen LogP contribution in [-0.4, -0.2) is 0 Å². The molecule has 0 nitrogen and oxygen atoms in total. The summed E-state index contributed by atoms with van der Waals surface area (Å²) >= 11 is 0. The molecule has 3 radical (unpaired) electrons. The van der Waals surface area contributed by atoms with Gasteiger partial charge in [-0.1, -0.05) is 7.43 Å². The minimum absolute atomic E-state index is 0. The zero-order chi connectivity index (χ0) is 0. The van der Waals surface area contributed by atoms with E-state index in [-0.39, 0.29) is 49.3 Å². The van der Waals surface area contributed by atoms with Gasteiger partial charge in [0, 0.05) is 0 Å². The van der Waals surface area contributed by atoms with Crippen molar-refractivity contribution in [2.75, 3.05) is 0 Å². The molecule has 0 aliphatic carbocycles. The van der Waals surface area contributed by atoms with Gasteiger partial charge in [-0.3, -0.25) is 0 Å². The Morgan fingerprint density at radius 1 is 0.750 bits per heavy atom. The van der Waals surface area contributed by atoms with E-state index < -0.39 is 0 Å². The molecule has 0 N–H and O–H groups in total. The number of rotatable bonds is 0. The molecule has 0 aliphatic rings. The third-order valence-corrected chi connectivity index (χ3v) is 0. The molecule has 0 bridgehead atoms. The van der Waals surface area contributed by atoms with E-state index >= 15 is 0 Å². The van der Waals surface area contributed by atoms with Crippen LogP contribution in [0.1, 0.15) is 0 Å². The van der Waals surface area contributed by atoms with Crippen molar-refractivity contribution in [1.29, 1.82) is 0 Å². The summed E-state index contributed by atoms with van der Waals surface area (Å²) in [5.74, 6) is 0. The Balaban J connectivity index is 0. The van der Waals surface area contributed by atoms with Crippen LogP contribution >= 0.6 is 0 Å². The molecule has 0 saturated carbocycles. The van der Waals surface area contributed by atoms with E-state index in [2.05, 4.69) is 0 Å². The predicted molar refractivity (Wildman–Crippen MR) is 5.36 cm³/mol. The number of hydrogen-bond donors (Lipinski definition) is 0. The summed E-state index contributed by atoms with van der Waals surface area (Å²) in [4.78, 5) is 0. The maximum atomic E-state index is 0. The molecular formula is CH2Cl2Cu. The van der Waals surface area contributed by atoms with Crippen LogP contribution in [0.15, 0.2) is 0 Å². The van der Waals surface area contributed by atoms with Crippen LogP contribution in [0.25, 0.3) is 0 Å². The molecule has 0 fully saturated rings. The van der Waals surface area contributed by atoms with Gasteiger partial charge in [-0.05, 0) is 0 Å². The third kappa shape index (κ3) is 11.3. The molecule has 0 atom stereocenters. The van der Waals surface area contributed by atoms with Crippen molar-refractivity contribution in [1.82, 2.24) is 0 Å². The van der Waals surface area contributed by atoms with Gasteiger partial charge in [-0.2, -0.15) is 0 Å². The summed E-state index contributed by atoms with van der Waals surface area (Å²) in [5.41, 5.74) is 0. The van der Waals surface area contributed by atoms with E-state index in [1.54, 1.807) is 0 Å². The van der Waals surface area contributed by atoms with Gasteiger partial charge in [0.1, 0.15) is 0 Å². The van der Waals surface area contributed by atoms with Gasteiger partial charge >= 0.3 is 17.1 Å². The first-order valence-corrected chi connectivity index (χ1v) is 0. The fourth-order valence-electron chi connectivity index (χ4n) is 0. The molecule has 4 heavy (non-hydrogen) atoms. The fraction of sp³-hybridized carbons (Fsp3) is 0. The van der Waals surface area contributed by atoms with Crippen LogP contribution in [0.3, 0.4) is 0 Å². The van der Waals surface area contributed by atoms with Crippen LogP contribution in [0.2, 0.25) is 0 Å². The molecule has 0 aromatic rings. The molecule has 0 rings (SSSR count). The van der Waals surface area contributed by atoms with E-state index in [9.17, 15) is 0 Å². The minimum atomic E-state index is 0. The van der Waals surface area contributed by atoms with Crippen molar-refractivity contribution >= 4 is 0 Å². The van der Waals surface area contributed by atoms with Gasteiger partial charge in [0.2, 0.25) is 0 Å². The molecule has 31 valence electrons. The van der Waals surface area contributed by atoms with Crippen molar-refractivity contribution < 1.29 is 41.9 Å². The molecule has 0 saturated heterocycles. The van der Waals surface area contributed by atoms with Crippen molar-refractivity contribution in [2.45, 2.75) is 0 Å². The second-order valence-corrected chi connectivity index (χ2v) is 0. The Labute approximate surface area is 49.6 Å². The monoisotopic (exact) mass is 147 g/mol. The predicted octanol–water partition coefficient (Wildman–Crippen LogP) is -5.67. The summed E-state index contributed by atoms with van der Waals surface area (Å²) in [6, 6.07) is 0. The first-order chi connectivity index (χ1) is 0. The molecule has 0 unspecified atom stereocenters. The van der Waals surface area contributed by atoms with Crippen LogP contribution < -0.4 is 24.8 Å². The van der Waals surface area contributed by atoms with E-state index in [0.717, 1.165) is 0 Å². The second-order valence-electron chi connectivity index (χ2n) is 0. The van der Waals surface area contributed by atoms with E-state index in [0.29, 0.717) is 0 Å². The summed E-state index contributed by atoms with van der Waals surface area (Å²) in [7, 11) is 0. The molecule has 3 heteroatoms. The summed E-state index contributed by atoms with van der Waals surface area (Å²) in [6.07, 6.45) is 0. The van der Waals surface area contributed by atoms with Gasteiger partial charge in [0.05, 0.1) is 0 Å². The topological polar surface area (TPSA) is 0 Å². The van der Waals surface area contributed by atoms with Crippen LogP contribution in [0.4, 0.5) is 0 Å². The second kappa shape index (κ2) is 32.6. The largest absolute Gasteiger partial charge is 2.00 e. The van der Waals surface area contributed by atoms with Crippen molar-refractivity contribution in [3.8, 4) is 0 Å². The average molecular weight is 148 g/mol. The number of hydrogen-bond acceptors (Lipinski definition) is 0. The molecule has 0 aromatic heterocycles. The normalized spacial score (nSPS) is 0. The third-order valence-electron chi connectivity index (χ3n) is 0.